The first kappa shape index (κ1) is 20.0. The number of guanidine groups is 1. The number of rotatable bonds is 5. The van der Waals surface area contributed by atoms with Crippen molar-refractivity contribution in [1.29, 1.82) is 0 Å². The summed E-state index contributed by atoms with van der Waals surface area (Å²) in [5, 5.41) is 16.9. The lowest BCUT2D eigenvalue weighted by atomic mass is 9.85. The maximum Gasteiger partial charge on any atom is 0.391 e. The molecular formula is C17H23F3N4O2. The van der Waals surface area contributed by atoms with Crippen molar-refractivity contribution < 1.29 is 18.1 Å². The number of nitro groups is 1. The Balaban J connectivity index is 2.02. The lowest BCUT2D eigenvalue weighted by Crippen LogP contribution is -2.46. The van der Waals surface area contributed by atoms with Gasteiger partial charge in [-0.05, 0) is 31.7 Å². The van der Waals surface area contributed by atoms with Crippen molar-refractivity contribution in [2.24, 2.45) is 10.9 Å². The summed E-state index contributed by atoms with van der Waals surface area (Å²) in [5.41, 5.74) is 0.643. The van der Waals surface area contributed by atoms with Gasteiger partial charge in [-0.25, -0.2) is 4.99 Å². The molecule has 1 aliphatic carbocycles. The predicted molar refractivity (Wildman–Crippen MR) is 92.8 cm³/mol. The van der Waals surface area contributed by atoms with E-state index in [0.717, 1.165) is 0 Å². The Morgan fingerprint density at radius 3 is 2.81 bits per heavy atom. The first-order valence-corrected chi connectivity index (χ1v) is 8.64. The van der Waals surface area contributed by atoms with Crippen LogP contribution in [0.15, 0.2) is 29.3 Å². The van der Waals surface area contributed by atoms with Gasteiger partial charge in [0.1, 0.15) is 0 Å². The topological polar surface area (TPSA) is 79.6 Å². The van der Waals surface area contributed by atoms with E-state index < -0.39 is 17.0 Å². The summed E-state index contributed by atoms with van der Waals surface area (Å²) < 4.78 is 38.8. The number of aliphatic imine (C=N–C) groups is 1. The van der Waals surface area contributed by atoms with E-state index in [-0.39, 0.29) is 31.1 Å². The molecule has 1 aromatic rings. The van der Waals surface area contributed by atoms with Crippen LogP contribution in [0.3, 0.4) is 0 Å². The molecule has 1 aromatic carbocycles. The second kappa shape index (κ2) is 8.86. The lowest BCUT2D eigenvalue weighted by Gasteiger charge is -2.31. The second-order valence-corrected chi connectivity index (χ2v) is 6.37. The fourth-order valence-corrected chi connectivity index (χ4v) is 3.07. The molecule has 0 aromatic heterocycles. The Hall–Kier alpha value is -2.32. The molecule has 9 heteroatoms. The smallest absolute Gasteiger partial charge is 0.357 e. The number of nitro benzene ring substituents is 1. The zero-order valence-corrected chi connectivity index (χ0v) is 14.6. The van der Waals surface area contributed by atoms with Crippen molar-refractivity contribution in [3.63, 3.8) is 0 Å². The Morgan fingerprint density at radius 2 is 2.15 bits per heavy atom. The van der Waals surface area contributed by atoms with Crippen molar-refractivity contribution in [1.82, 2.24) is 10.6 Å². The van der Waals surface area contributed by atoms with Gasteiger partial charge in [0.05, 0.1) is 17.4 Å². The molecule has 1 fully saturated rings. The molecule has 0 aliphatic heterocycles. The number of halogens is 3. The molecule has 26 heavy (non-hydrogen) atoms. The van der Waals surface area contributed by atoms with E-state index in [1.165, 1.54) is 12.1 Å². The molecule has 2 unspecified atom stereocenters. The quantitative estimate of drug-likeness (QED) is 0.357. The van der Waals surface area contributed by atoms with Gasteiger partial charge in [0, 0.05) is 24.7 Å². The summed E-state index contributed by atoms with van der Waals surface area (Å²) in [6.07, 6.45) is -2.79. The molecule has 0 heterocycles. The maximum absolute atomic E-state index is 12.9. The van der Waals surface area contributed by atoms with Crippen LogP contribution in [-0.4, -0.2) is 29.6 Å². The molecule has 1 aliphatic rings. The molecule has 2 atom stereocenters. The highest BCUT2D eigenvalue weighted by molar-refractivity contribution is 5.80. The Kier molecular flexibility index (Phi) is 6.82. The molecular weight excluding hydrogens is 349 g/mol. The number of nitrogens with one attached hydrogen (secondary N) is 2. The lowest BCUT2D eigenvalue weighted by molar-refractivity contribution is -0.384. The molecule has 0 amide bonds. The fourth-order valence-electron chi connectivity index (χ4n) is 3.07. The van der Waals surface area contributed by atoms with Crippen molar-refractivity contribution in [2.75, 3.05) is 6.54 Å². The Bertz CT molecular complexity index is 649. The molecule has 144 valence electrons. The number of non-ortho nitro benzene ring substituents is 1. The van der Waals surface area contributed by atoms with Gasteiger partial charge in [-0.1, -0.05) is 18.6 Å². The molecule has 2 rings (SSSR count). The largest absolute Gasteiger partial charge is 0.391 e. The van der Waals surface area contributed by atoms with Gasteiger partial charge in [-0.2, -0.15) is 13.2 Å². The molecule has 0 bridgehead atoms. The van der Waals surface area contributed by atoms with Crippen LogP contribution < -0.4 is 10.6 Å². The van der Waals surface area contributed by atoms with Crippen LogP contribution >= 0.6 is 0 Å². The van der Waals surface area contributed by atoms with Crippen molar-refractivity contribution >= 4 is 11.6 Å². The van der Waals surface area contributed by atoms with Crippen LogP contribution in [0.5, 0.6) is 0 Å². The monoisotopic (exact) mass is 372 g/mol. The van der Waals surface area contributed by atoms with E-state index in [1.807, 2.05) is 6.92 Å². The van der Waals surface area contributed by atoms with E-state index in [4.69, 9.17) is 0 Å². The average Bonchev–Trinajstić information content (AvgIpc) is 2.59. The minimum absolute atomic E-state index is 0.0176. The van der Waals surface area contributed by atoms with Gasteiger partial charge >= 0.3 is 6.18 Å². The predicted octanol–water partition coefficient (Wildman–Crippen LogP) is 3.77. The van der Waals surface area contributed by atoms with Gasteiger partial charge in [-0.3, -0.25) is 10.1 Å². The number of hydrogen-bond donors (Lipinski definition) is 2. The summed E-state index contributed by atoms with van der Waals surface area (Å²) in [4.78, 5) is 14.7. The Morgan fingerprint density at radius 1 is 1.38 bits per heavy atom. The number of hydrogen-bond acceptors (Lipinski definition) is 3. The van der Waals surface area contributed by atoms with Gasteiger partial charge < -0.3 is 10.6 Å². The third kappa shape index (κ3) is 5.89. The maximum atomic E-state index is 12.9. The van der Waals surface area contributed by atoms with E-state index in [2.05, 4.69) is 15.6 Å². The van der Waals surface area contributed by atoms with E-state index in [1.54, 1.807) is 12.1 Å². The summed E-state index contributed by atoms with van der Waals surface area (Å²) in [6.45, 7) is 2.63. The van der Waals surface area contributed by atoms with Crippen LogP contribution in [0.25, 0.3) is 0 Å². The van der Waals surface area contributed by atoms with Crippen LogP contribution in [-0.2, 0) is 6.54 Å². The fraction of sp³-hybridized carbons (Fsp3) is 0.588. The standard InChI is InChI=1S/C17H23F3N4O2/c1-2-21-16(22-11-12-5-3-8-15(9-12)24(25)26)23-14-7-4-6-13(10-14)17(18,19)20/h3,5,8-9,13-14H,2,4,6-7,10-11H2,1H3,(H2,21,22,23). The van der Waals surface area contributed by atoms with E-state index in [0.29, 0.717) is 30.9 Å². The van der Waals surface area contributed by atoms with Crippen LogP contribution in [0.4, 0.5) is 18.9 Å². The molecule has 1 saturated carbocycles. The van der Waals surface area contributed by atoms with Crippen molar-refractivity contribution in [3.05, 3.63) is 39.9 Å². The number of alkyl halides is 3. The summed E-state index contributed by atoms with van der Waals surface area (Å²) in [7, 11) is 0. The third-order valence-electron chi connectivity index (χ3n) is 4.36. The molecule has 6 nitrogen and oxygen atoms in total. The zero-order valence-electron chi connectivity index (χ0n) is 14.6. The van der Waals surface area contributed by atoms with E-state index >= 15 is 0 Å². The van der Waals surface area contributed by atoms with Gasteiger partial charge in [-0.15, -0.1) is 0 Å². The van der Waals surface area contributed by atoms with Crippen LogP contribution in [0, 0.1) is 16.0 Å². The summed E-state index contributed by atoms with van der Waals surface area (Å²) >= 11 is 0. The Labute approximate surface area is 150 Å². The average molecular weight is 372 g/mol. The SMILES string of the molecule is CCNC(=NCc1cccc([N+](=O)[O-])c1)NC1CCCC(C(F)(F)F)C1. The first-order chi connectivity index (χ1) is 12.3. The highest BCUT2D eigenvalue weighted by Crippen LogP contribution is 2.37. The minimum atomic E-state index is -4.17. The van der Waals surface area contributed by atoms with Gasteiger partial charge in [0.15, 0.2) is 5.96 Å². The molecule has 2 N–H and O–H groups in total. The van der Waals surface area contributed by atoms with Gasteiger partial charge in [0.2, 0.25) is 0 Å². The molecule has 0 radical (unpaired) electrons. The minimum Gasteiger partial charge on any atom is -0.357 e. The highest BCUT2D eigenvalue weighted by Gasteiger charge is 2.42. The summed E-state index contributed by atoms with van der Waals surface area (Å²) in [5.74, 6) is -0.861. The van der Waals surface area contributed by atoms with Crippen LogP contribution in [0.2, 0.25) is 0 Å². The highest BCUT2D eigenvalue weighted by atomic mass is 19.4. The molecule has 0 spiro atoms. The number of benzene rings is 1. The second-order valence-electron chi connectivity index (χ2n) is 6.37. The normalized spacial score (nSPS) is 21.3. The number of nitrogens with zero attached hydrogens (tertiary/aromatic N) is 2. The van der Waals surface area contributed by atoms with Crippen molar-refractivity contribution in [2.45, 2.75) is 51.4 Å². The van der Waals surface area contributed by atoms with Crippen LogP contribution in [0.1, 0.15) is 38.2 Å². The molecule has 0 saturated heterocycles. The van der Waals surface area contributed by atoms with E-state index in [9.17, 15) is 23.3 Å². The third-order valence-corrected chi connectivity index (χ3v) is 4.36. The van der Waals surface area contributed by atoms with Gasteiger partial charge in [0.25, 0.3) is 5.69 Å². The first-order valence-electron chi connectivity index (χ1n) is 8.64. The summed E-state index contributed by atoms with van der Waals surface area (Å²) in [6, 6.07) is 5.85. The van der Waals surface area contributed by atoms with Crippen molar-refractivity contribution in [3.8, 4) is 0 Å². The zero-order chi connectivity index (χ0) is 19.2.